The van der Waals surface area contributed by atoms with Crippen LogP contribution in [0.1, 0.15) is 25.8 Å². The van der Waals surface area contributed by atoms with Crippen LogP contribution in [-0.4, -0.2) is 61.1 Å². The number of hydrogen-bond acceptors (Lipinski definition) is 4. The molecule has 0 aromatic heterocycles. The molecule has 1 aromatic rings. The second-order valence-electron chi connectivity index (χ2n) is 6.14. The third kappa shape index (κ3) is 6.44. The number of aliphatic imine (C=N–C) groups is 1. The minimum absolute atomic E-state index is 0.0379. The summed E-state index contributed by atoms with van der Waals surface area (Å²) in [6, 6.07) is 7.81. The first kappa shape index (κ1) is 20.4. The zero-order chi connectivity index (χ0) is 18.8. The predicted molar refractivity (Wildman–Crippen MR) is 109 cm³/mol. The summed E-state index contributed by atoms with van der Waals surface area (Å²) in [4.78, 5) is 18.3. The molecule has 26 heavy (non-hydrogen) atoms. The number of hydrogen-bond donors (Lipinski definition) is 2. The largest absolute Gasteiger partial charge is 0.484 e. The van der Waals surface area contributed by atoms with E-state index in [-0.39, 0.29) is 12.5 Å². The Balaban J connectivity index is 1.87. The predicted octanol–water partition coefficient (Wildman–Crippen LogP) is 2.10. The molecule has 0 aliphatic carbocycles. The maximum atomic E-state index is 11.5. The maximum Gasteiger partial charge on any atom is 0.257 e. The van der Waals surface area contributed by atoms with Crippen molar-refractivity contribution in [3.63, 3.8) is 0 Å². The molecule has 1 amide bonds. The van der Waals surface area contributed by atoms with E-state index in [1.807, 2.05) is 50.0 Å². The number of nitrogens with zero attached hydrogens (tertiary/aromatic N) is 2. The minimum Gasteiger partial charge on any atom is -0.484 e. The van der Waals surface area contributed by atoms with Gasteiger partial charge in [0.1, 0.15) is 5.75 Å². The number of benzene rings is 1. The fourth-order valence-electron chi connectivity index (χ4n) is 2.81. The van der Waals surface area contributed by atoms with Crippen LogP contribution >= 0.6 is 11.8 Å². The second-order valence-corrected chi connectivity index (χ2v) is 7.55. The smallest absolute Gasteiger partial charge is 0.257 e. The topological polar surface area (TPSA) is 66.0 Å². The highest BCUT2D eigenvalue weighted by molar-refractivity contribution is 8.00. The lowest BCUT2D eigenvalue weighted by Crippen LogP contribution is -2.47. The Hall–Kier alpha value is -1.89. The normalized spacial score (nSPS) is 17.7. The summed E-state index contributed by atoms with van der Waals surface area (Å²) in [5.41, 5.74) is 1.10. The van der Waals surface area contributed by atoms with Crippen LogP contribution in [0.4, 0.5) is 0 Å². The van der Waals surface area contributed by atoms with Crippen LogP contribution in [0.25, 0.3) is 0 Å². The van der Waals surface area contributed by atoms with Crippen LogP contribution in [0.15, 0.2) is 29.3 Å². The van der Waals surface area contributed by atoms with Crippen molar-refractivity contribution in [2.24, 2.45) is 4.99 Å². The highest BCUT2D eigenvalue weighted by Crippen LogP contribution is 2.21. The van der Waals surface area contributed by atoms with E-state index in [1.54, 1.807) is 0 Å². The number of carbonyl (C=O) groups excluding carboxylic acids is 1. The van der Waals surface area contributed by atoms with Crippen LogP contribution in [0, 0.1) is 0 Å². The van der Waals surface area contributed by atoms with Crippen molar-refractivity contribution >= 4 is 23.6 Å². The number of rotatable bonds is 7. The lowest BCUT2D eigenvalue weighted by molar-refractivity contribution is -0.122. The Morgan fingerprint density at radius 2 is 2.23 bits per heavy atom. The zero-order valence-corrected chi connectivity index (χ0v) is 16.8. The van der Waals surface area contributed by atoms with Crippen molar-refractivity contribution in [2.75, 3.05) is 39.0 Å². The van der Waals surface area contributed by atoms with Gasteiger partial charge in [-0.1, -0.05) is 19.1 Å². The highest BCUT2D eigenvalue weighted by Gasteiger charge is 2.21. The average Bonchev–Trinajstić information content (AvgIpc) is 2.67. The number of thioether (sulfide) groups is 1. The SMILES string of the molecule is CCNC(=O)COc1cccc(CNC(=NC)N2CCSC(CC)C2)c1. The minimum atomic E-state index is -0.107. The van der Waals surface area contributed by atoms with Crippen molar-refractivity contribution in [1.29, 1.82) is 0 Å². The van der Waals surface area contributed by atoms with E-state index < -0.39 is 0 Å². The highest BCUT2D eigenvalue weighted by atomic mass is 32.2. The Labute approximate surface area is 160 Å². The molecule has 1 aromatic carbocycles. The molecule has 2 N–H and O–H groups in total. The standard InChI is InChI=1S/C19H30N4O2S/c1-4-17-13-23(9-10-26-17)19(20-3)22-12-15-7-6-8-16(11-15)25-14-18(24)21-5-2/h6-8,11,17H,4-5,9-10,12-14H2,1-3H3,(H,20,22)(H,21,24). The fourth-order valence-corrected chi connectivity index (χ4v) is 3.99. The molecule has 2 rings (SSSR count). The molecule has 6 nitrogen and oxygen atoms in total. The van der Waals surface area contributed by atoms with E-state index in [2.05, 4.69) is 27.4 Å². The van der Waals surface area contributed by atoms with E-state index in [0.29, 0.717) is 24.1 Å². The molecule has 1 aliphatic rings. The average molecular weight is 379 g/mol. The van der Waals surface area contributed by atoms with Gasteiger partial charge in [-0.05, 0) is 31.0 Å². The van der Waals surface area contributed by atoms with Gasteiger partial charge < -0.3 is 20.3 Å². The molecule has 7 heteroatoms. The van der Waals surface area contributed by atoms with Crippen molar-refractivity contribution in [1.82, 2.24) is 15.5 Å². The molecule has 1 atom stereocenters. The number of amides is 1. The Morgan fingerprint density at radius 1 is 1.38 bits per heavy atom. The summed E-state index contributed by atoms with van der Waals surface area (Å²) in [6.07, 6.45) is 1.18. The van der Waals surface area contributed by atoms with Crippen LogP contribution in [0.2, 0.25) is 0 Å². The van der Waals surface area contributed by atoms with Gasteiger partial charge in [-0.15, -0.1) is 0 Å². The molecule has 1 aliphatic heterocycles. The summed E-state index contributed by atoms with van der Waals surface area (Å²) < 4.78 is 5.56. The number of likely N-dealkylation sites (N-methyl/N-ethyl adjacent to an activating group) is 1. The van der Waals surface area contributed by atoms with E-state index in [4.69, 9.17) is 4.74 Å². The summed E-state index contributed by atoms with van der Waals surface area (Å²) in [5.74, 6) is 2.68. The molecule has 0 radical (unpaired) electrons. The molecule has 1 fully saturated rings. The molecular weight excluding hydrogens is 348 g/mol. The van der Waals surface area contributed by atoms with Gasteiger partial charge in [-0.25, -0.2) is 0 Å². The third-order valence-electron chi connectivity index (χ3n) is 4.20. The van der Waals surface area contributed by atoms with E-state index in [9.17, 15) is 4.79 Å². The number of ether oxygens (including phenoxy) is 1. The van der Waals surface area contributed by atoms with Crippen LogP contribution < -0.4 is 15.4 Å². The molecule has 0 bridgehead atoms. The Kier molecular flexibility index (Phi) is 8.61. The fraction of sp³-hybridized carbons (Fsp3) is 0.579. The zero-order valence-electron chi connectivity index (χ0n) is 16.0. The van der Waals surface area contributed by atoms with E-state index >= 15 is 0 Å². The first-order valence-electron chi connectivity index (χ1n) is 9.21. The van der Waals surface area contributed by atoms with Gasteiger partial charge in [0.25, 0.3) is 5.91 Å². The Bertz CT molecular complexity index is 609. The van der Waals surface area contributed by atoms with Crippen LogP contribution in [-0.2, 0) is 11.3 Å². The molecule has 144 valence electrons. The summed E-state index contributed by atoms with van der Waals surface area (Å²) in [6.45, 7) is 7.51. The van der Waals surface area contributed by atoms with Crippen molar-refractivity contribution < 1.29 is 9.53 Å². The quantitative estimate of drug-likeness (QED) is 0.562. The number of nitrogens with one attached hydrogen (secondary N) is 2. The van der Waals surface area contributed by atoms with Gasteiger partial charge in [-0.3, -0.25) is 9.79 Å². The molecular formula is C19H30N4O2S. The molecule has 1 unspecified atom stereocenters. The first-order valence-corrected chi connectivity index (χ1v) is 10.3. The van der Waals surface area contributed by atoms with Gasteiger partial charge in [0.15, 0.2) is 12.6 Å². The maximum absolute atomic E-state index is 11.5. The molecule has 1 saturated heterocycles. The van der Waals surface area contributed by atoms with Gasteiger partial charge >= 0.3 is 0 Å². The van der Waals surface area contributed by atoms with Crippen LogP contribution in [0.5, 0.6) is 5.75 Å². The lowest BCUT2D eigenvalue weighted by Gasteiger charge is -2.34. The third-order valence-corrected chi connectivity index (χ3v) is 5.57. The van der Waals surface area contributed by atoms with Crippen LogP contribution in [0.3, 0.4) is 0 Å². The first-order chi connectivity index (χ1) is 12.7. The number of carbonyl (C=O) groups is 1. The lowest BCUT2D eigenvalue weighted by atomic mass is 10.2. The molecule has 0 saturated carbocycles. The van der Waals surface area contributed by atoms with Gasteiger partial charge in [0.2, 0.25) is 0 Å². The summed E-state index contributed by atoms with van der Waals surface area (Å²) in [5, 5.41) is 6.84. The molecule has 0 spiro atoms. The molecule has 1 heterocycles. The van der Waals surface area contributed by atoms with Crippen molar-refractivity contribution in [2.45, 2.75) is 32.1 Å². The van der Waals surface area contributed by atoms with Gasteiger partial charge in [-0.2, -0.15) is 11.8 Å². The second kappa shape index (κ2) is 11.0. The van der Waals surface area contributed by atoms with E-state index in [1.165, 1.54) is 6.42 Å². The monoisotopic (exact) mass is 378 g/mol. The van der Waals surface area contributed by atoms with Crippen molar-refractivity contribution in [3.8, 4) is 5.75 Å². The Morgan fingerprint density at radius 3 is 2.96 bits per heavy atom. The number of guanidine groups is 1. The van der Waals surface area contributed by atoms with E-state index in [0.717, 1.165) is 30.4 Å². The van der Waals surface area contributed by atoms with Gasteiger partial charge in [0.05, 0.1) is 0 Å². The van der Waals surface area contributed by atoms with Gasteiger partial charge in [0, 0.05) is 44.2 Å². The summed E-state index contributed by atoms with van der Waals surface area (Å²) >= 11 is 2.05. The van der Waals surface area contributed by atoms with Crippen molar-refractivity contribution in [3.05, 3.63) is 29.8 Å². The summed E-state index contributed by atoms with van der Waals surface area (Å²) in [7, 11) is 1.83.